The van der Waals surface area contributed by atoms with Crippen molar-refractivity contribution in [3.8, 4) is 0 Å². The molecule has 0 saturated carbocycles. The van der Waals surface area contributed by atoms with Crippen LogP contribution in [0.15, 0.2) is 53.6 Å². The molecule has 1 amide bonds. The van der Waals surface area contributed by atoms with Crippen LogP contribution in [0.5, 0.6) is 0 Å². The summed E-state index contributed by atoms with van der Waals surface area (Å²) in [6.07, 6.45) is 3.92. The molecule has 0 fully saturated rings. The van der Waals surface area contributed by atoms with E-state index in [9.17, 15) is 9.59 Å². The van der Waals surface area contributed by atoms with Gasteiger partial charge in [0, 0.05) is 38.8 Å². The van der Waals surface area contributed by atoms with E-state index in [4.69, 9.17) is 0 Å². The Morgan fingerprint density at radius 2 is 1.92 bits per heavy atom. The zero-order chi connectivity index (χ0) is 16.9. The van der Waals surface area contributed by atoms with Crippen LogP contribution >= 0.6 is 0 Å². The molecule has 0 radical (unpaired) electrons. The van der Waals surface area contributed by atoms with Crippen LogP contribution in [-0.4, -0.2) is 20.4 Å². The molecule has 1 aromatic carbocycles. The van der Waals surface area contributed by atoms with Crippen molar-refractivity contribution in [2.45, 2.75) is 19.4 Å². The molecule has 2 heterocycles. The van der Waals surface area contributed by atoms with Gasteiger partial charge < -0.3 is 9.88 Å². The van der Waals surface area contributed by atoms with Gasteiger partial charge in [-0.1, -0.05) is 12.1 Å². The molecule has 0 unspecified atom stereocenters. The third-order valence-corrected chi connectivity index (χ3v) is 3.88. The van der Waals surface area contributed by atoms with Gasteiger partial charge in [0.05, 0.1) is 11.0 Å². The minimum atomic E-state index is -0.157. The van der Waals surface area contributed by atoms with E-state index in [2.05, 4.69) is 15.3 Å². The highest BCUT2D eigenvalue weighted by molar-refractivity contribution is 5.76. The van der Waals surface area contributed by atoms with E-state index in [1.165, 1.54) is 0 Å². The van der Waals surface area contributed by atoms with Crippen LogP contribution in [0.25, 0.3) is 11.0 Å². The molecule has 3 rings (SSSR count). The van der Waals surface area contributed by atoms with Gasteiger partial charge in [-0.15, -0.1) is 0 Å². The molecule has 24 heavy (non-hydrogen) atoms. The van der Waals surface area contributed by atoms with Crippen LogP contribution in [0.2, 0.25) is 0 Å². The summed E-state index contributed by atoms with van der Waals surface area (Å²) >= 11 is 0. The number of aromatic nitrogens is 3. The van der Waals surface area contributed by atoms with E-state index in [1.807, 2.05) is 36.4 Å². The molecule has 0 aliphatic carbocycles. The zero-order valence-electron chi connectivity index (χ0n) is 13.4. The average molecular weight is 322 g/mol. The maximum Gasteiger partial charge on any atom is 0.272 e. The monoisotopic (exact) mass is 322 g/mol. The molecule has 6 heteroatoms. The van der Waals surface area contributed by atoms with Crippen molar-refractivity contribution in [3.05, 3.63) is 70.4 Å². The predicted molar refractivity (Wildman–Crippen MR) is 91.4 cm³/mol. The summed E-state index contributed by atoms with van der Waals surface area (Å²) in [5.74, 6) is -0.108. The van der Waals surface area contributed by atoms with Gasteiger partial charge >= 0.3 is 0 Å². The second kappa shape index (κ2) is 7.04. The number of amides is 1. The Morgan fingerprint density at radius 3 is 2.71 bits per heavy atom. The van der Waals surface area contributed by atoms with Crippen LogP contribution in [0.4, 0.5) is 0 Å². The fourth-order valence-electron chi connectivity index (χ4n) is 2.52. The van der Waals surface area contributed by atoms with Gasteiger partial charge in [-0.25, -0.2) is 4.98 Å². The number of hydrogen-bond donors (Lipinski definition) is 1. The van der Waals surface area contributed by atoms with Crippen LogP contribution < -0.4 is 10.9 Å². The van der Waals surface area contributed by atoms with E-state index >= 15 is 0 Å². The van der Waals surface area contributed by atoms with Crippen molar-refractivity contribution in [3.63, 3.8) is 0 Å². The van der Waals surface area contributed by atoms with Crippen LogP contribution in [0, 0.1) is 0 Å². The molecule has 1 N–H and O–H groups in total. The molecular weight excluding hydrogens is 304 g/mol. The number of benzene rings is 1. The highest BCUT2D eigenvalue weighted by Crippen LogP contribution is 2.09. The quantitative estimate of drug-likeness (QED) is 0.774. The highest BCUT2D eigenvalue weighted by atomic mass is 16.1. The Balaban J connectivity index is 1.66. The molecule has 0 aliphatic heterocycles. The number of carbonyl (C=O) groups excluding carboxylic acids is 1. The molecule has 3 aromatic rings. The first-order valence-corrected chi connectivity index (χ1v) is 7.75. The molecule has 0 spiro atoms. The van der Waals surface area contributed by atoms with Gasteiger partial charge in [0.25, 0.3) is 5.56 Å². The Bertz CT molecular complexity index is 919. The topological polar surface area (TPSA) is 76.9 Å². The molecule has 0 saturated heterocycles. The first-order valence-electron chi connectivity index (χ1n) is 7.75. The van der Waals surface area contributed by atoms with Gasteiger partial charge in [-0.05, 0) is 29.8 Å². The maximum atomic E-state index is 12.3. The fourth-order valence-corrected chi connectivity index (χ4v) is 2.52. The largest absolute Gasteiger partial charge is 0.352 e. The van der Waals surface area contributed by atoms with E-state index in [0.717, 1.165) is 16.6 Å². The van der Waals surface area contributed by atoms with Crippen molar-refractivity contribution in [1.82, 2.24) is 19.9 Å². The Labute approximate surface area is 139 Å². The highest BCUT2D eigenvalue weighted by Gasteiger charge is 2.10. The van der Waals surface area contributed by atoms with E-state index in [0.29, 0.717) is 18.7 Å². The van der Waals surface area contributed by atoms with E-state index in [-0.39, 0.29) is 17.9 Å². The normalized spacial score (nSPS) is 10.7. The first-order chi connectivity index (χ1) is 11.6. The van der Waals surface area contributed by atoms with E-state index < -0.39 is 0 Å². The Kier molecular flexibility index (Phi) is 4.65. The van der Waals surface area contributed by atoms with Crippen LogP contribution in [0.1, 0.15) is 17.7 Å². The number of aryl methyl sites for hydroxylation is 2. The van der Waals surface area contributed by atoms with Crippen molar-refractivity contribution in [2.75, 3.05) is 0 Å². The lowest BCUT2D eigenvalue weighted by Crippen LogP contribution is -2.27. The predicted octanol–water partition coefficient (Wildman–Crippen LogP) is 1.58. The third kappa shape index (κ3) is 3.48. The number of carbonyl (C=O) groups is 1. The molecule has 2 aromatic heterocycles. The molecule has 0 aliphatic rings. The van der Waals surface area contributed by atoms with Gasteiger partial charge in [-0.3, -0.25) is 14.6 Å². The van der Waals surface area contributed by atoms with Gasteiger partial charge in [-0.2, -0.15) is 0 Å². The van der Waals surface area contributed by atoms with Crippen LogP contribution in [0.3, 0.4) is 0 Å². The second-order valence-electron chi connectivity index (χ2n) is 5.54. The summed E-state index contributed by atoms with van der Waals surface area (Å²) in [6.45, 7) is 0.449. The minimum Gasteiger partial charge on any atom is -0.352 e. The number of nitrogens with one attached hydrogen (secondary N) is 1. The number of nitrogens with zero attached hydrogens (tertiary/aromatic N) is 3. The lowest BCUT2D eigenvalue weighted by atomic mass is 10.2. The third-order valence-electron chi connectivity index (χ3n) is 3.88. The fraction of sp³-hybridized carbons (Fsp3) is 0.222. The van der Waals surface area contributed by atoms with Crippen molar-refractivity contribution in [1.29, 1.82) is 0 Å². The maximum absolute atomic E-state index is 12.3. The summed E-state index contributed by atoms with van der Waals surface area (Å²) in [5.41, 5.74) is 2.78. The lowest BCUT2D eigenvalue weighted by molar-refractivity contribution is -0.121. The van der Waals surface area contributed by atoms with Gasteiger partial charge in [0.1, 0.15) is 5.69 Å². The zero-order valence-corrected chi connectivity index (χ0v) is 13.4. The van der Waals surface area contributed by atoms with Gasteiger partial charge in [0.2, 0.25) is 5.91 Å². The molecular formula is C18H18N4O2. The number of rotatable bonds is 5. The van der Waals surface area contributed by atoms with Gasteiger partial charge in [0.15, 0.2) is 0 Å². The standard InChI is InChI=1S/C18H18N4O2/c1-22-16-5-3-2-4-14(16)21-15(18(22)24)6-7-17(23)20-12-13-8-10-19-11-9-13/h2-5,8-11H,6-7,12H2,1H3,(H,20,23). The molecule has 6 nitrogen and oxygen atoms in total. The smallest absolute Gasteiger partial charge is 0.272 e. The Hall–Kier alpha value is -3.02. The number of para-hydroxylation sites is 2. The first kappa shape index (κ1) is 15.9. The minimum absolute atomic E-state index is 0.108. The average Bonchev–Trinajstić information content (AvgIpc) is 2.62. The number of fused-ring (bicyclic) bond motifs is 1. The summed E-state index contributed by atoms with van der Waals surface area (Å²) in [4.78, 5) is 32.7. The molecule has 0 bridgehead atoms. The van der Waals surface area contributed by atoms with Crippen molar-refractivity contribution in [2.24, 2.45) is 7.05 Å². The number of pyridine rings is 1. The summed E-state index contributed by atoms with van der Waals surface area (Å²) in [7, 11) is 1.72. The van der Waals surface area contributed by atoms with Crippen molar-refractivity contribution < 1.29 is 4.79 Å². The lowest BCUT2D eigenvalue weighted by Gasteiger charge is -2.08. The van der Waals surface area contributed by atoms with E-state index in [1.54, 1.807) is 24.0 Å². The summed E-state index contributed by atoms with van der Waals surface area (Å²) in [6, 6.07) is 11.2. The SMILES string of the molecule is Cn1c(=O)c(CCC(=O)NCc2ccncc2)nc2ccccc21. The molecule has 0 atom stereocenters. The van der Waals surface area contributed by atoms with Crippen LogP contribution in [-0.2, 0) is 24.8 Å². The van der Waals surface area contributed by atoms with Crippen molar-refractivity contribution >= 4 is 16.9 Å². The summed E-state index contributed by atoms with van der Waals surface area (Å²) < 4.78 is 1.58. The molecule has 122 valence electrons. The summed E-state index contributed by atoms with van der Waals surface area (Å²) in [5, 5.41) is 2.84. The Morgan fingerprint density at radius 1 is 1.17 bits per heavy atom. The number of hydrogen-bond acceptors (Lipinski definition) is 4. The second-order valence-corrected chi connectivity index (χ2v) is 5.54.